The highest BCUT2D eigenvalue weighted by atomic mass is 35.5. The van der Waals surface area contributed by atoms with E-state index in [2.05, 4.69) is 30.7 Å². The van der Waals surface area contributed by atoms with Crippen molar-refractivity contribution in [3.05, 3.63) is 61.2 Å². The van der Waals surface area contributed by atoms with E-state index in [-0.39, 0.29) is 11.3 Å². The van der Waals surface area contributed by atoms with Gasteiger partial charge in [-0.1, -0.05) is 32.4 Å². The minimum atomic E-state index is -0.385. The molecule has 3 rings (SSSR count). The molecule has 0 fully saturated rings. The highest BCUT2D eigenvalue weighted by Crippen LogP contribution is 2.26. The number of aromatic nitrogens is 2. The van der Waals surface area contributed by atoms with E-state index >= 15 is 0 Å². The van der Waals surface area contributed by atoms with Crippen molar-refractivity contribution in [3.63, 3.8) is 0 Å². The van der Waals surface area contributed by atoms with E-state index < -0.39 is 0 Å². The Morgan fingerprint density at radius 2 is 2.15 bits per heavy atom. The van der Waals surface area contributed by atoms with Crippen molar-refractivity contribution in [2.75, 3.05) is 7.11 Å². The zero-order valence-corrected chi connectivity index (χ0v) is 17.9. The second-order valence-corrected chi connectivity index (χ2v) is 9.16. The number of thiazole rings is 2. The van der Waals surface area contributed by atoms with Gasteiger partial charge in [-0.25, -0.2) is 4.98 Å². The molecule has 0 aliphatic carbocycles. The van der Waals surface area contributed by atoms with Gasteiger partial charge in [-0.05, 0) is 23.6 Å². The number of halogens is 1. The summed E-state index contributed by atoms with van der Waals surface area (Å²) in [7, 11) is 1.52. The van der Waals surface area contributed by atoms with Crippen molar-refractivity contribution >= 4 is 40.2 Å². The third-order valence-corrected chi connectivity index (χ3v) is 6.18. The SMILES string of the molecule is COc1ccc(Cl)cc1C(=O)/N=c1\sc(C(C)(C)C)cn1Cc1cscn1. The van der Waals surface area contributed by atoms with Crippen LogP contribution in [0.5, 0.6) is 5.75 Å². The maximum atomic E-state index is 12.8. The molecular weight excluding hydrogens is 402 g/mol. The summed E-state index contributed by atoms with van der Waals surface area (Å²) < 4.78 is 7.25. The lowest BCUT2D eigenvalue weighted by atomic mass is 9.95. The lowest BCUT2D eigenvalue weighted by Gasteiger charge is -2.14. The first-order chi connectivity index (χ1) is 12.8. The Morgan fingerprint density at radius 1 is 1.37 bits per heavy atom. The molecule has 0 aliphatic heterocycles. The van der Waals surface area contributed by atoms with Crippen LogP contribution in [0, 0.1) is 0 Å². The van der Waals surface area contributed by atoms with E-state index in [1.54, 1.807) is 35.0 Å². The molecule has 8 heteroatoms. The van der Waals surface area contributed by atoms with Crippen molar-refractivity contribution in [1.29, 1.82) is 0 Å². The number of methoxy groups -OCH3 is 1. The van der Waals surface area contributed by atoms with Gasteiger partial charge < -0.3 is 9.30 Å². The normalized spacial score (nSPS) is 12.4. The molecule has 0 spiro atoms. The van der Waals surface area contributed by atoms with E-state index in [1.807, 2.05) is 16.1 Å². The fourth-order valence-electron chi connectivity index (χ4n) is 2.41. The molecule has 0 aliphatic rings. The van der Waals surface area contributed by atoms with Crippen molar-refractivity contribution in [1.82, 2.24) is 9.55 Å². The lowest BCUT2D eigenvalue weighted by Crippen LogP contribution is -2.17. The quantitative estimate of drug-likeness (QED) is 0.610. The molecule has 27 heavy (non-hydrogen) atoms. The zero-order valence-electron chi connectivity index (χ0n) is 15.5. The highest BCUT2D eigenvalue weighted by molar-refractivity contribution is 7.09. The maximum Gasteiger partial charge on any atom is 0.283 e. The van der Waals surface area contributed by atoms with Gasteiger partial charge in [0.25, 0.3) is 5.91 Å². The van der Waals surface area contributed by atoms with Gasteiger partial charge in [0.1, 0.15) is 5.75 Å². The van der Waals surface area contributed by atoms with Gasteiger partial charge in [-0.15, -0.1) is 22.7 Å². The molecule has 0 bridgehead atoms. The Kier molecular flexibility index (Phi) is 5.83. The first kappa shape index (κ1) is 19.8. The Labute approximate surface area is 171 Å². The predicted molar refractivity (Wildman–Crippen MR) is 110 cm³/mol. The van der Waals surface area contributed by atoms with Crippen LogP contribution in [0.25, 0.3) is 0 Å². The molecule has 1 aromatic carbocycles. The topological polar surface area (TPSA) is 56.5 Å². The van der Waals surface area contributed by atoms with E-state index in [1.165, 1.54) is 18.4 Å². The molecule has 0 unspecified atom stereocenters. The number of benzene rings is 1. The standard InChI is InChI=1S/C19H20ClN3O2S2/c1-19(2,3)16-9-23(8-13-10-26-11-21-13)18(27-16)22-17(24)14-7-12(20)5-6-15(14)25-4/h5-7,9-11H,8H2,1-4H3/b22-18-. The van der Waals surface area contributed by atoms with Gasteiger partial charge in [0.05, 0.1) is 30.4 Å². The van der Waals surface area contributed by atoms with Crippen LogP contribution >= 0.6 is 34.3 Å². The Bertz CT molecular complexity index is 1010. The molecule has 0 radical (unpaired) electrons. The van der Waals surface area contributed by atoms with Crippen molar-refractivity contribution in [3.8, 4) is 5.75 Å². The summed E-state index contributed by atoms with van der Waals surface area (Å²) in [6.45, 7) is 6.97. The fraction of sp³-hybridized carbons (Fsp3) is 0.316. The number of ether oxygens (including phenoxy) is 1. The number of carbonyl (C=O) groups is 1. The first-order valence-corrected chi connectivity index (χ1v) is 10.4. The summed E-state index contributed by atoms with van der Waals surface area (Å²) in [5.74, 6) is 0.0653. The van der Waals surface area contributed by atoms with Crippen LogP contribution in [0.2, 0.25) is 5.02 Å². The summed E-state index contributed by atoms with van der Waals surface area (Å²) in [5.41, 5.74) is 3.04. The number of hydrogen-bond donors (Lipinski definition) is 0. The number of nitrogens with zero attached hydrogens (tertiary/aromatic N) is 3. The molecule has 5 nitrogen and oxygen atoms in total. The maximum absolute atomic E-state index is 12.8. The summed E-state index contributed by atoms with van der Waals surface area (Å²) in [6, 6.07) is 4.93. The van der Waals surface area contributed by atoms with Gasteiger partial charge in [0.2, 0.25) is 0 Å². The molecule has 0 saturated heterocycles. The number of hydrogen-bond acceptors (Lipinski definition) is 5. The van der Waals surface area contributed by atoms with Crippen molar-refractivity contribution in [2.24, 2.45) is 4.99 Å². The van der Waals surface area contributed by atoms with Crippen LogP contribution in [0.1, 0.15) is 41.7 Å². The van der Waals surface area contributed by atoms with E-state index in [0.717, 1.165) is 10.6 Å². The molecule has 3 aromatic rings. The van der Waals surface area contributed by atoms with Gasteiger partial charge in [0.15, 0.2) is 4.80 Å². The second-order valence-electron chi connectivity index (χ2n) is 7.00. The van der Waals surface area contributed by atoms with Crippen LogP contribution in [-0.4, -0.2) is 22.6 Å². The monoisotopic (exact) mass is 421 g/mol. The van der Waals surface area contributed by atoms with Gasteiger partial charge in [0, 0.05) is 21.5 Å². The molecule has 0 atom stereocenters. The number of rotatable bonds is 4. The average molecular weight is 422 g/mol. The largest absolute Gasteiger partial charge is 0.496 e. The zero-order chi connectivity index (χ0) is 19.6. The fourth-order valence-corrected chi connectivity index (χ4v) is 4.18. The summed E-state index contributed by atoms with van der Waals surface area (Å²) in [4.78, 5) is 23.3. The van der Waals surface area contributed by atoms with Gasteiger partial charge in [-0.2, -0.15) is 4.99 Å². The molecule has 142 valence electrons. The molecular formula is C19H20ClN3O2S2. The third kappa shape index (κ3) is 4.66. The van der Waals surface area contributed by atoms with E-state index in [4.69, 9.17) is 16.3 Å². The Hall–Kier alpha value is -1.96. The first-order valence-electron chi connectivity index (χ1n) is 8.28. The second kappa shape index (κ2) is 7.96. The summed E-state index contributed by atoms with van der Waals surface area (Å²) in [6.07, 6.45) is 2.05. The van der Waals surface area contributed by atoms with Crippen molar-refractivity contribution < 1.29 is 9.53 Å². The van der Waals surface area contributed by atoms with Gasteiger partial charge >= 0.3 is 0 Å². The van der Waals surface area contributed by atoms with Gasteiger partial charge in [-0.3, -0.25) is 4.79 Å². The van der Waals surface area contributed by atoms with Crippen molar-refractivity contribution in [2.45, 2.75) is 32.7 Å². The van der Waals surface area contributed by atoms with Crippen LogP contribution < -0.4 is 9.54 Å². The molecule has 0 saturated carbocycles. The Morgan fingerprint density at radius 3 is 2.78 bits per heavy atom. The van der Waals surface area contributed by atoms with E-state index in [0.29, 0.717) is 27.7 Å². The average Bonchev–Trinajstić information content (AvgIpc) is 3.25. The highest BCUT2D eigenvalue weighted by Gasteiger charge is 2.19. The molecule has 2 aromatic heterocycles. The minimum absolute atomic E-state index is 0.0426. The molecule has 2 heterocycles. The minimum Gasteiger partial charge on any atom is -0.496 e. The third-order valence-electron chi connectivity index (χ3n) is 3.86. The smallest absolute Gasteiger partial charge is 0.283 e. The van der Waals surface area contributed by atoms with Crippen LogP contribution in [0.3, 0.4) is 0 Å². The molecule has 0 N–H and O–H groups in total. The predicted octanol–water partition coefficient (Wildman–Crippen LogP) is 4.76. The van der Waals surface area contributed by atoms with Crippen LogP contribution in [-0.2, 0) is 12.0 Å². The Balaban J connectivity index is 2.07. The summed E-state index contributed by atoms with van der Waals surface area (Å²) >= 11 is 9.10. The van der Waals surface area contributed by atoms with E-state index in [9.17, 15) is 4.79 Å². The number of carbonyl (C=O) groups excluding carboxylic acids is 1. The lowest BCUT2D eigenvalue weighted by molar-refractivity contribution is 0.0995. The molecule has 1 amide bonds. The number of amides is 1. The van der Waals surface area contributed by atoms with Crippen LogP contribution in [0.15, 0.2) is 40.3 Å². The summed E-state index contributed by atoms with van der Waals surface area (Å²) in [5, 5.41) is 2.46. The van der Waals surface area contributed by atoms with Crippen LogP contribution in [0.4, 0.5) is 0 Å².